The summed E-state index contributed by atoms with van der Waals surface area (Å²) in [5, 5.41) is 22.6. The smallest absolute Gasteiger partial charge is 0.304 e. The number of aromatic amines is 1. The average Bonchev–Trinajstić information content (AvgIpc) is 2.95. The van der Waals surface area contributed by atoms with Crippen molar-refractivity contribution in [3.05, 3.63) is 11.6 Å². The van der Waals surface area contributed by atoms with E-state index in [9.17, 15) is 4.79 Å². The topological polar surface area (TPSA) is 123 Å². The predicted octanol–water partition coefficient (Wildman–Crippen LogP) is -0.340. The second-order valence-corrected chi connectivity index (χ2v) is 4.92. The monoisotopic (exact) mass is 313 g/mol. The Labute approximate surface area is 128 Å². The van der Waals surface area contributed by atoms with Crippen LogP contribution in [0.15, 0.2) is 0 Å². The number of nitrogens with one attached hydrogen (secondary N) is 1. The first-order valence-electron chi connectivity index (χ1n) is 7.23. The van der Waals surface area contributed by atoms with E-state index in [2.05, 4.69) is 25.0 Å². The highest BCUT2D eigenvalue weighted by Gasteiger charge is 2.18. The van der Waals surface area contributed by atoms with E-state index < -0.39 is 5.97 Å². The Hall–Kier alpha value is -2.00. The van der Waals surface area contributed by atoms with Gasteiger partial charge >= 0.3 is 5.97 Å². The number of aliphatic carboxylic acids is 1. The van der Waals surface area contributed by atoms with Crippen molar-refractivity contribution in [1.82, 2.24) is 25.0 Å². The van der Waals surface area contributed by atoms with Crippen LogP contribution in [0.4, 0.5) is 0 Å². The molecule has 0 aromatic carbocycles. The van der Waals surface area contributed by atoms with Crippen molar-refractivity contribution in [2.45, 2.75) is 26.3 Å². The zero-order chi connectivity index (χ0) is 16.4. The molecule has 1 fully saturated rings. The van der Waals surface area contributed by atoms with Gasteiger partial charge in [0.15, 0.2) is 0 Å². The lowest BCUT2D eigenvalue weighted by molar-refractivity contribution is -0.137. The van der Waals surface area contributed by atoms with Crippen molar-refractivity contribution < 1.29 is 19.8 Å². The highest BCUT2D eigenvalue weighted by Crippen LogP contribution is 2.06. The van der Waals surface area contributed by atoms with Crippen molar-refractivity contribution in [2.75, 3.05) is 32.7 Å². The molecule has 2 rings (SSSR count). The number of aromatic nitrogens is 3. The minimum atomic E-state index is -0.726. The summed E-state index contributed by atoms with van der Waals surface area (Å²) in [7, 11) is 0. The molecular formula is C13H23N5O4. The summed E-state index contributed by atoms with van der Waals surface area (Å²) in [6.07, 6.45) is 1.07. The quantitative estimate of drug-likeness (QED) is 0.610. The normalized spacial score (nSPS) is 15.9. The minimum Gasteiger partial charge on any atom is -0.483 e. The van der Waals surface area contributed by atoms with Crippen LogP contribution in [-0.4, -0.2) is 80.4 Å². The third-order valence-corrected chi connectivity index (χ3v) is 3.37. The number of H-pyrrole nitrogens is 1. The number of aryl methyl sites for hydroxylation is 1. The number of carbonyl (C=O) groups is 2. The molecule has 1 saturated heterocycles. The van der Waals surface area contributed by atoms with E-state index in [1.54, 1.807) is 0 Å². The van der Waals surface area contributed by atoms with Crippen molar-refractivity contribution in [3.8, 4) is 0 Å². The van der Waals surface area contributed by atoms with Crippen molar-refractivity contribution >= 4 is 12.4 Å². The number of hydrogen-bond acceptors (Lipinski definition) is 6. The van der Waals surface area contributed by atoms with Gasteiger partial charge in [-0.25, -0.2) is 4.98 Å². The van der Waals surface area contributed by atoms with Gasteiger partial charge in [-0.1, -0.05) is 6.92 Å². The van der Waals surface area contributed by atoms with Crippen LogP contribution in [-0.2, 0) is 22.6 Å². The summed E-state index contributed by atoms with van der Waals surface area (Å²) in [6.45, 7) is 6.95. The molecule has 22 heavy (non-hydrogen) atoms. The van der Waals surface area contributed by atoms with Crippen LogP contribution in [0.3, 0.4) is 0 Å². The summed E-state index contributed by atoms with van der Waals surface area (Å²) in [4.78, 5) is 27.8. The van der Waals surface area contributed by atoms with E-state index >= 15 is 0 Å². The SMILES string of the molecule is CCc1n[nH]c(CN2CCN(CCC(=O)O)CC2)n1.O=CO. The summed E-state index contributed by atoms with van der Waals surface area (Å²) >= 11 is 0. The summed E-state index contributed by atoms with van der Waals surface area (Å²) in [5.74, 6) is 1.04. The predicted molar refractivity (Wildman–Crippen MR) is 78.4 cm³/mol. The van der Waals surface area contributed by atoms with Crippen LogP contribution in [0.2, 0.25) is 0 Å². The molecule has 0 atom stereocenters. The Morgan fingerprint density at radius 1 is 1.32 bits per heavy atom. The molecule has 0 aliphatic carbocycles. The van der Waals surface area contributed by atoms with Crippen molar-refractivity contribution in [3.63, 3.8) is 0 Å². The van der Waals surface area contributed by atoms with Gasteiger partial charge in [-0.15, -0.1) is 0 Å². The van der Waals surface area contributed by atoms with Gasteiger partial charge in [-0.2, -0.15) is 5.10 Å². The van der Waals surface area contributed by atoms with Gasteiger partial charge in [-0.05, 0) is 0 Å². The van der Waals surface area contributed by atoms with E-state index in [0.717, 1.165) is 50.8 Å². The Morgan fingerprint density at radius 2 is 1.91 bits per heavy atom. The van der Waals surface area contributed by atoms with Crippen LogP contribution in [0.1, 0.15) is 25.0 Å². The van der Waals surface area contributed by atoms with Gasteiger partial charge < -0.3 is 15.1 Å². The molecule has 9 heteroatoms. The van der Waals surface area contributed by atoms with Gasteiger partial charge in [0, 0.05) is 39.1 Å². The molecule has 0 amide bonds. The van der Waals surface area contributed by atoms with E-state index in [4.69, 9.17) is 15.0 Å². The largest absolute Gasteiger partial charge is 0.483 e. The van der Waals surface area contributed by atoms with Crippen LogP contribution in [0.25, 0.3) is 0 Å². The zero-order valence-electron chi connectivity index (χ0n) is 12.7. The first-order chi connectivity index (χ1) is 10.6. The first kappa shape index (κ1) is 18.1. The van der Waals surface area contributed by atoms with Gasteiger partial charge in [0.05, 0.1) is 13.0 Å². The van der Waals surface area contributed by atoms with Crippen LogP contribution in [0, 0.1) is 0 Å². The standard InChI is InChI=1S/C12H21N5O2.CH2O2/c1-2-10-13-11(15-14-10)9-17-7-5-16(6-8-17)4-3-12(18)19;2-1-3/h2-9H2,1H3,(H,18,19)(H,13,14,15);1H,(H,2,3). The molecule has 3 N–H and O–H groups in total. The molecule has 1 aromatic rings. The molecule has 0 saturated carbocycles. The Bertz CT molecular complexity index is 457. The van der Waals surface area contributed by atoms with Crippen molar-refractivity contribution in [2.24, 2.45) is 0 Å². The molecule has 0 spiro atoms. The maximum atomic E-state index is 10.5. The van der Waals surface area contributed by atoms with E-state index in [0.29, 0.717) is 6.54 Å². The van der Waals surface area contributed by atoms with Crippen LogP contribution < -0.4 is 0 Å². The summed E-state index contributed by atoms with van der Waals surface area (Å²) in [5.41, 5.74) is 0. The number of carboxylic acid groups (broad SMARTS) is 2. The van der Waals surface area contributed by atoms with Crippen LogP contribution >= 0.6 is 0 Å². The third-order valence-electron chi connectivity index (χ3n) is 3.37. The number of rotatable bonds is 6. The second kappa shape index (κ2) is 9.85. The number of hydrogen-bond donors (Lipinski definition) is 3. The fraction of sp³-hybridized carbons (Fsp3) is 0.692. The number of piperazine rings is 1. The highest BCUT2D eigenvalue weighted by atomic mass is 16.4. The molecular weight excluding hydrogens is 290 g/mol. The molecule has 0 bridgehead atoms. The highest BCUT2D eigenvalue weighted by molar-refractivity contribution is 5.66. The van der Waals surface area contributed by atoms with Crippen molar-refractivity contribution in [1.29, 1.82) is 0 Å². The maximum absolute atomic E-state index is 10.5. The molecule has 1 aliphatic rings. The summed E-state index contributed by atoms with van der Waals surface area (Å²) < 4.78 is 0. The second-order valence-electron chi connectivity index (χ2n) is 4.92. The van der Waals surface area contributed by atoms with Crippen LogP contribution in [0.5, 0.6) is 0 Å². The average molecular weight is 313 g/mol. The van der Waals surface area contributed by atoms with E-state index in [1.165, 1.54) is 0 Å². The lowest BCUT2D eigenvalue weighted by Crippen LogP contribution is -2.46. The Kier molecular flexibility index (Phi) is 8.08. The van der Waals surface area contributed by atoms with Gasteiger partial charge in [0.25, 0.3) is 6.47 Å². The molecule has 0 unspecified atom stereocenters. The lowest BCUT2D eigenvalue weighted by Gasteiger charge is -2.33. The summed E-state index contributed by atoms with van der Waals surface area (Å²) in [6, 6.07) is 0. The maximum Gasteiger partial charge on any atom is 0.304 e. The first-order valence-corrected chi connectivity index (χ1v) is 7.23. The number of carboxylic acids is 1. The zero-order valence-corrected chi connectivity index (χ0v) is 12.7. The van der Waals surface area contributed by atoms with E-state index in [-0.39, 0.29) is 12.9 Å². The minimum absolute atomic E-state index is 0.224. The molecule has 9 nitrogen and oxygen atoms in total. The number of nitrogens with zero attached hydrogens (tertiary/aromatic N) is 4. The fourth-order valence-corrected chi connectivity index (χ4v) is 2.20. The van der Waals surface area contributed by atoms with Gasteiger partial charge in [0.1, 0.15) is 11.6 Å². The lowest BCUT2D eigenvalue weighted by atomic mass is 10.3. The molecule has 1 aromatic heterocycles. The molecule has 124 valence electrons. The third kappa shape index (κ3) is 6.64. The van der Waals surface area contributed by atoms with Gasteiger partial charge in [-0.3, -0.25) is 19.6 Å². The molecule has 0 radical (unpaired) electrons. The Morgan fingerprint density at radius 3 is 2.41 bits per heavy atom. The van der Waals surface area contributed by atoms with E-state index in [1.807, 2.05) is 6.92 Å². The fourth-order valence-electron chi connectivity index (χ4n) is 2.20. The molecule has 2 heterocycles. The molecule has 1 aliphatic heterocycles. The Balaban J connectivity index is 0.000000745. The van der Waals surface area contributed by atoms with Gasteiger partial charge in [0.2, 0.25) is 0 Å².